The van der Waals surface area contributed by atoms with Crippen LogP contribution in [-0.4, -0.2) is 44.6 Å². The lowest BCUT2D eigenvalue weighted by Crippen LogP contribution is -2.32. The number of aromatic nitrogens is 2. The van der Waals surface area contributed by atoms with Gasteiger partial charge in [0.15, 0.2) is 12.4 Å². The van der Waals surface area contributed by atoms with E-state index >= 15 is 0 Å². The third-order valence-electron chi connectivity index (χ3n) is 3.02. The molecule has 1 aromatic heterocycles. The number of carboxylic acid groups (broad SMARTS) is 1. The third-order valence-corrected chi connectivity index (χ3v) is 3.02. The molecule has 3 unspecified atom stereocenters. The highest BCUT2D eigenvalue weighted by molar-refractivity contribution is 5.92. The minimum absolute atomic E-state index is 0.0561. The van der Waals surface area contributed by atoms with Gasteiger partial charge in [-0.3, -0.25) is 4.57 Å². The predicted octanol–water partition coefficient (Wildman–Crippen LogP) is -0.395. The summed E-state index contributed by atoms with van der Waals surface area (Å²) in [6.45, 7) is -0.699. The van der Waals surface area contributed by atoms with Gasteiger partial charge < -0.3 is 20.7 Å². The zero-order valence-corrected chi connectivity index (χ0v) is 10.4. The van der Waals surface area contributed by atoms with Gasteiger partial charge >= 0.3 is 11.7 Å². The lowest BCUT2D eigenvalue weighted by atomic mass is 10.1. The Hall–Kier alpha value is -2.33. The monoisotopic (exact) mass is 303 g/mol. The number of anilines is 1. The summed E-state index contributed by atoms with van der Waals surface area (Å²) < 4.78 is 32.3. The van der Waals surface area contributed by atoms with Crippen molar-refractivity contribution < 1.29 is 28.5 Å². The minimum Gasteiger partial charge on any atom is -0.478 e. The average Bonchev–Trinajstić information content (AvgIpc) is 2.74. The van der Waals surface area contributed by atoms with Crippen LogP contribution in [0.4, 0.5) is 14.6 Å². The molecule has 21 heavy (non-hydrogen) atoms. The van der Waals surface area contributed by atoms with E-state index < -0.39 is 53.7 Å². The molecule has 114 valence electrons. The van der Waals surface area contributed by atoms with Crippen molar-refractivity contribution in [2.45, 2.75) is 18.5 Å². The molecule has 0 saturated carbocycles. The first kappa shape index (κ1) is 15.1. The highest BCUT2D eigenvalue weighted by Gasteiger charge is 2.42. The quantitative estimate of drug-likeness (QED) is 0.693. The van der Waals surface area contributed by atoms with E-state index in [9.17, 15) is 18.4 Å². The molecule has 4 N–H and O–H groups in total. The van der Waals surface area contributed by atoms with E-state index in [4.69, 9.17) is 20.7 Å². The Bertz CT molecular complexity index is 660. The number of nitrogens with two attached hydrogens (primary N) is 1. The van der Waals surface area contributed by atoms with E-state index in [0.29, 0.717) is 4.57 Å². The van der Waals surface area contributed by atoms with Gasteiger partial charge in [-0.2, -0.15) is 4.98 Å². The van der Waals surface area contributed by atoms with E-state index in [1.54, 1.807) is 0 Å². The number of hydrogen-bond acceptors (Lipinski definition) is 6. The lowest BCUT2D eigenvalue weighted by Gasteiger charge is -2.16. The van der Waals surface area contributed by atoms with Crippen molar-refractivity contribution in [1.29, 1.82) is 0 Å². The minimum atomic E-state index is -2.07. The zero-order chi connectivity index (χ0) is 15.7. The number of alkyl halides is 1. The number of nitrogens with zero attached hydrogens (tertiary/aromatic N) is 2. The maximum Gasteiger partial charge on any atom is 0.351 e. The Morgan fingerprint density at radius 1 is 1.62 bits per heavy atom. The molecule has 1 aliphatic rings. The van der Waals surface area contributed by atoms with Crippen LogP contribution in [0.25, 0.3) is 0 Å². The number of carboxylic acids is 1. The Morgan fingerprint density at radius 3 is 2.76 bits per heavy atom. The Labute approximate surface area is 116 Å². The van der Waals surface area contributed by atoms with Crippen molar-refractivity contribution in [3.8, 4) is 0 Å². The average molecular weight is 303 g/mol. The van der Waals surface area contributed by atoms with Crippen molar-refractivity contribution in [2.24, 2.45) is 0 Å². The number of rotatable bonds is 3. The molecule has 8 nitrogen and oxygen atoms in total. The Balaban J connectivity index is 2.50. The predicted molar refractivity (Wildman–Crippen MR) is 65.0 cm³/mol. The summed E-state index contributed by atoms with van der Waals surface area (Å²) in [7, 11) is 0. The molecule has 0 spiro atoms. The molecule has 0 aromatic carbocycles. The largest absolute Gasteiger partial charge is 0.478 e. The van der Waals surface area contributed by atoms with Gasteiger partial charge in [-0.15, -0.1) is 0 Å². The second kappa shape index (κ2) is 5.58. The van der Waals surface area contributed by atoms with Crippen LogP contribution in [0.3, 0.4) is 0 Å². The molecule has 2 rings (SSSR count). The first-order valence-corrected chi connectivity index (χ1v) is 5.73. The summed E-state index contributed by atoms with van der Waals surface area (Å²) in [5, 5.41) is 17.9. The van der Waals surface area contributed by atoms with Crippen LogP contribution in [0.1, 0.15) is 16.6 Å². The van der Waals surface area contributed by atoms with Crippen LogP contribution in [0.5, 0.6) is 0 Å². The molecule has 3 atom stereocenters. The molecule has 0 radical (unpaired) electrons. The van der Waals surface area contributed by atoms with E-state index in [-0.39, 0.29) is 6.33 Å². The van der Waals surface area contributed by atoms with Gasteiger partial charge in [0.05, 0.1) is 12.9 Å². The van der Waals surface area contributed by atoms with Gasteiger partial charge in [-0.25, -0.2) is 18.4 Å². The van der Waals surface area contributed by atoms with Gasteiger partial charge in [0.2, 0.25) is 0 Å². The second-order valence-corrected chi connectivity index (χ2v) is 4.24. The number of hydrogen-bond donors (Lipinski definition) is 3. The Kier molecular flexibility index (Phi) is 4.00. The molecule has 10 heteroatoms. The van der Waals surface area contributed by atoms with Crippen LogP contribution >= 0.6 is 0 Å². The van der Waals surface area contributed by atoms with E-state index in [1.807, 2.05) is 0 Å². The lowest BCUT2D eigenvalue weighted by molar-refractivity contribution is -0.0376. The first-order chi connectivity index (χ1) is 9.90. The zero-order valence-electron chi connectivity index (χ0n) is 10.4. The summed E-state index contributed by atoms with van der Waals surface area (Å²) in [6, 6.07) is 0. The fraction of sp³-hybridized carbons (Fsp3) is 0.364. The van der Waals surface area contributed by atoms with Crippen LogP contribution in [0.2, 0.25) is 0 Å². The summed E-state index contributed by atoms with van der Waals surface area (Å²) >= 11 is 0. The molecule has 1 saturated heterocycles. The number of ether oxygens (including phenoxy) is 1. The molecular weight excluding hydrogens is 292 g/mol. The number of nitrogen functional groups attached to an aromatic ring is 1. The number of aromatic carboxylic acids is 1. The summed E-state index contributed by atoms with van der Waals surface area (Å²) in [5.74, 6) is -2.00. The maximum atomic E-state index is 14.1. The van der Waals surface area contributed by atoms with Crippen LogP contribution in [0.15, 0.2) is 22.9 Å². The molecule has 0 amide bonds. The van der Waals surface area contributed by atoms with Crippen LogP contribution < -0.4 is 11.4 Å². The van der Waals surface area contributed by atoms with E-state index in [1.165, 1.54) is 0 Å². The molecule has 2 heterocycles. The Morgan fingerprint density at radius 2 is 2.29 bits per heavy atom. The summed E-state index contributed by atoms with van der Waals surface area (Å²) in [4.78, 5) is 25.9. The van der Waals surface area contributed by atoms with Crippen molar-refractivity contribution in [3.05, 3.63) is 34.1 Å². The number of halogens is 2. The van der Waals surface area contributed by atoms with Crippen molar-refractivity contribution in [1.82, 2.24) is 9.55 Å². The van der Waals surface area contributed by atoms with Gasteiger partial charge in [0.1, 0.15) is 17.5 Å². The van der Waals surface area contributed by atoms with Gasteiger partial charge in [-0.1, -0.05) is 0 Å². The highest BCUT2D eigenvalue weighted by Crippen LogP contribution is 2.35. The van der Waals surface area contributed by atoms with Gasteiger partial charge in [0.25, 0.3) is 0 Å². The third kappa shape index (κ3) is 2.50. The van der Waals surface area contributed by atoms with Crippen LogP contribution in [-0.2, 0) is 4.74 Å². The molecular formula is C11H11F2N3O5. The molecule has 0 aliphatic carbocycles. The summed E-state index contributed by atoms with van der Waals surface area (Å²) in [5.41, 5.74) is 3.22. The van der Waals surface area contributed by atoms with Crippen molar-refractivity contribution in [2.75, 3.05) is 12.3 Å². The SMILES string of the molecule is Nc1nc(=O)n(C2OC(CO)C(=CF)C2F)cc1C(=O)O. The first-order valence-electron chi connectivity index (χ1n) is 5.73. The fourth-order valence-corrected chi connectivity index (χ4v) is 1.97. The smallest absolute Gasteiger partial charge is 0.351 e. The molecule has 1 aromatic rings. The molecule has 1 aliphatic heterocycles. The summed E-state index contributed by atoms with van der Waals surface area (Å²) in [6.07, 6.45) is -4.27. The van der Waals surface area contributed by atoms with Crippen LogP contribution in [0, 0.1) is 0 Å². The molecule has 0 bridgehead atoms. The second-order valence-electron chi connectivity index (χ2n) is 4.24. The maximum absolute atomic E-state index is 14.1. The molecule has 1 fully saturated rings. The van der Waals surface area contributed by atoms with E-state index in [2.05, 4.69) is 4.98 Å². The number of carbonyl (C=O) groups is 1. The van der Waals surface area contributed by atoms with E-state index in [0.717, 1.165) is 6.20 Å². The number of aliphatic hydroxyl groups excluding tert-OH is 1. The highest BCUT2D eigenvalue weighted by atomic mass is 19.1. The van der Waals surface area contributed by atoms with Crippen molar-refractivity contribution >= 4 is 11.8 Å². The van der Waals surface area contributed by atoms with Crippen molar-refractivity contribution in [3.63, 3.8) is 0 Å². The van der Waals surface area contributed by atoms with Gasteiger partial charge in [-0.05, 0) is 0 Å². The number of aliphatic hydroxyl groups is 1. The van der Waals surface area contributed by atoms with Gasteiger partial charge in [0, 0.05) is 11.8 Å². The fourth-order valence-electron chi connectivity index (χ4n) is 1.97. The topological polar surface area (TPSA) is 128 Å². The standard InChI is InChI=1S/C11H11F2N3O5/c12-1-4-6(3-17)21-9(7(4)13)16-2-5(10(18)19)8(14)15-11(16)20/h1-2,6-7,9,17H,3H2,(H,18,19)(H2,14,15,20). The normalized spacial score (nSPS) is 27.2.